The summed E-state index contributed by atoms with van der Waals surface area (Å²) in [6.45, 7) is 4.74. The summed E-state index contributed by atoms with van der Waals surface area (Å²) in [5.41, 5.74) is 23.0. The predicted octanol–water partition coefficient (Wildman–Crippen LogP) is 18.0. The normalized spacial score (nSPS) is 13.6. The van der Waals surface area contributed by atoms with Crippen LogP contribution in [0.3, 0.4) is 0 Å². The fourth-order valence-electron chi connectivity index (χ4n) is 11.8. The summed E-state index contributed by atoms with van der Waals surface area (Å²) >= 11 is 0. The Morgan fingerprint density at radius 1 is 0.261 bits per heavy atom. The molecule has 0 saturated carbocycles. The van der Waals surface area contributed by atoms with Gasteiger partial charge in [-0.2, -0.15) is 0 Å². The highest BCUT2D eigenvalue weighted by molar-refractivity contribution is 5.92. The topological polar surface area (TPSA) is 3.24 Å². The fourth-order valence-corrected chi connectivity index (χ4v) is 11.8. The van der Waals surface area contributed by atoms with Crippen LogP contribution < -0.4 is 4.90 Å². The molecule has 1 heteroatoms. The van der Waals surface area contributed by atoms with Crippen molar-refractivity contribution in [2.24, 2.45) is 0 Å². The Labute approximate surface area is 405 Å². The van der Waals surface area contributed by atoms with E-state index in [1.54, 1.807) is 0 Å². The first-order valence-electron chi connectivity index (χ1n) is 24.2. The zero-order valence-electron chi connectivity index (χ0n) is 38.8. The van der Waals surface area contributed by atoms with Gasteiger partial charge in [0.1, 0.15) is 0 Å². The smallest absolute Gasteiger partial charge is 0.0714 e. The van der Waals surface area contributed by atoms with E-state index < -0.39 is 5.41 Å². The van der Waals surface area contributed by atoms with Crippen LogP contribution in [0.25, 0.3) is 66.4 Å². The molecule has 0 bridgehead atoms. The standard InChI is InChI=1S/C68H49N/c1-67(2)63-26-13-11-24-59(63)61-40-38-57(44-65(61)67)69(58-39-41-62-60-25-12-14-27-64(60)68(66(62)45-58,54-20-5-3-6-21-54)55-22-7-4-8-23-55)56-36-34-48(35-37-56)47-28-30-49(31-29-47)51-18-15-19-52(42-51)53-33-32-46-16-9-10-17-50(46)43-53/h3-45H,1-2H3. The maximum atomic E-state index is 2.48. The van der Waals surface area contributed by atoms with E-state index in [1.165, 1.54) is 99.8 Å². The second kappa shape index (κ2) is 16.1. The molecule has 11 aromatic carbocycles. The van der Waals surface area contributed by atoms with Gasteiger partial charge in [0.2, 0.25) is 0 Å². The van der Waals surface area contributed by atoms with Crippen molar-refractivity contribution < 1.29 is 0 Å². The molecule has 0 heterocycles. The Morgan fingerprint density at radius 3 is 1.35 bits per heavy atom. The Hall–Kier alpha value is -8.52. The van der Waals surface area contributed by atoms with Crippen molar-refractivity contribution in [3.63, 3.8) is 0 Å². The maximum absolute atomic E-state index is 2.48. The highest BCUT2D eigenvalue weighted by atomic mass is 15.1. The Bertz CT molecular complexity index is 3690. The van der Waals surface area contributed by atoms with Gasteiger partial charge in [-0.25, -0.2) is 0 Å². The van der Waals surface area contributed by atoms with Crippen LogP contribution in [0.4, 0.5) is 17.1 Å². The number of rotatable bonds is 8. The summed E-state index contributed by atoms with van der Waals surface area (Å²) < 4.78 is 0. The number of fused-ring (bicyclic) bond motifs is 7. The lowest BCUT2D eigenvalue weighted by Crippen LogP contribution is -2.28. The summed E-state index contributed by atoms with van der Waals surface area (Å²) in [4.78, 5) is 2.47. The molecule has 0 N–H and O–H groups in total. The Balaban J connectivity index is 0.914. The number of benzene rings is 11. The largest absolute Gasteiger partial charge is 0.310 e. The summed E-state index contributed by atoms with van der Waals surface area (Å²) in [6, 6.07) is 96.8. The van der Waals surface area contributed by atoms with Crippen LogP contribution >= 0.6 is 0 Å². The zero-order chi connectivity index (χ0) is 46.1. The van der Waals surface area contributed by atoms with Crippen molar-refractivity contribution in [2.75, 3.05) is 4.90 Å². The third kappa shape index (κ3) is 6.53. The van der Waals surface area contributed by atoms with E-state index in [0.717, 1.165) is 17.1 Å². The predicted molar refractivity (Wildman–Crippen MR) is 290 cm³/mol. The van der Waals surface area contributed by atoms with Crippen LogP contribution in [-0.4, -0.2) is 0 Å². The van der Waals surface area contributed by atoms with Crippen molar-refractivity contribution in [1.29, 1.82) is 0 Å². The lowest BCUT2D eigenvalue weighted by molar-refractivity contribution is 0.660. The van der Waals surface area contributed by atoms with Gasteiger partial charge in [0.05, 0.1) is 5.41 Å². The molecule has 326 valence electrons. The molecule has 0 aromatic heterocycles. The van der Waals surface area contributed by atoms with E-state index in [-0.39, 0.29) is 5.41 Å². The van der Waals surface area contributed by atoms with E-state index in [9.17, 15) is 0 Å². The molecule has 11 aromatic rings. The van der Waals surface area contributed by atoms with E-state index in [4.69, 9.17) is 0 Å². The van der Waals surface area contributed by atoms with Crippen LogP contribution in [0.15, 0.2) is 261 Å². The lowest BCUT2D eigenvalue weighted by Gasteiger charge is -2.35. The van der Waals surface area contributed by atoms with Crippen molar-refractivity contribution in [2.45, 2.75) is 24.7 Å². The third-order valence-corrected chi connectivity index (χ3v) is 15.1. The molecule has 0 amide bonds. The van der Waals surface area contributed by atoms with Crippen molar-refractivity contribution in [3.05, 3.63) is 294 Å². The highest BCUT2D eigenvalue weighted by Gasteiger charge is 2.46. The Kier molecular flexibility index (Phi) is 9.49. The number of hydrogen-bond acceptors (Lipinski definition) is 1. The average Bonchev–Trinajstić information content (AvgIpc) is 3.84. The quantitative estimate of drug-likeness (QED) is 0.147. The van der Waals surface area contributed by atoms with Crippen molar-refractivity contribution >= 4 is 27.8 Å². The number of anilines is 3. The van der Waals surface area contributed by atoms with Crippen molar-refractivity contribution in [3.8, 4) is 55.6 Å². The highest BCUT2D eigenvalue weighted by Crippen LogP contribution is 2.58. The van der Waals surface area contributed by atoms with Gasteiger partial charge < -0.3 is 4.90 Å². The Morgan fingerprint density at radius 2 is 0.696 bits per heavy atom. The van der Waals surface area contributed by atoms with E-state index in [0.29, 0.717) is 0 Å². The van der Waals surface area contributed by atoms with Crippen LogP contribution in [0, 0.1) is 0 Å². The minimum atomic E-state index is -0.508. The molecule has 69 heavy (non-hydrogen) atoms. The molecule has 0 aliphatic heterocycles. The van der Waals surface area contributed by atoms with Crippen LogP contribution in [0.5, 0.6) is 0 Å². The second-order valence-electron chi connectivity index (χ2n) is 19.3. The molecule has 0 atom stereocenters. The van der Waals surface area contributed by atoms with Crippen LogP contribution in [0.1, 0.15) is 47.2 Å². The van der Waals surface area contributed by atoms with Crippen LogP contribution in [0.2, 0.25) is 0 Å². The van der Waals surface area contributed by atoms with Gasteiger partial charge >= 0.3 is 0 Å². The summed E-state index contributed by atoms with van der Waals surface area (Å²) in [7, 11) is 0. The van der Waals surface area contributed by atoms with Gasteiger partial charge in [0.15, 0.2) is 0 Å². The van der Waals surface area contributed by atoms with Gasteiger partial charge in [-0.1, -0.05) is 226 Å². The number of nitrogens with zero attached hydrogens (tertiary/aromatic N) is 1. The molecule has 2 aliphatic carbocycles. The lowest BCUT2D eigenvalue weighted by atomic mass is 9.67. The maximum Gasteiger partial charge on any atom is 0.0714 e. The third-order valence-electron chi connectivity index (χ3n) is 15.1. The molecule has 0 spiro atoms. The van der Waals surface area contributed by atoms with Gasteiger partial charge in [0, 0.05) is 22.5 Å². The summed E-state index contributed by atoms with van der Waals surface area (Å²) in [5, 5.41) is 2.52. The van der Waals surface area contributed by atoms with Gasteiger partial charge in [0.25, 0.3) is 0 Å². The minimum Gasteiger partial charge on any atom is -0.310 e. The first-order chi connectivity index (χ1) is 33.9. The molecular weight excluding hydrogens is 831 g/mol. The molecule has 0 fully saturated rings. The summed E-state index contributed by atoms with van der Waals surface area (Å²) in [5.74, 6) is 0. The molecule has 0 saturated heterocycles. The first kappa shape index (κ1) is 40.7. The SMILES string of the molecule is CC1(C)c2ccccc2-c2ccc(N(c3ccc(-c4ccc(-c5cccc(-c6ccc7ccccc7c6)c5)cc4)cc3)c3ccc4c(c3)C(c3ccccc3)(c3ccccc3)c3ccccc3-4)cc21. The molecule has 0 unspecified atom stereocenters. The molecule has 1 nitrogen and oxygen atoms in total. The van der Waals surface area contributed by atoms with Gasteiger partial charge in [-0.15, -0.1) is 0 Å². The van der Waals surface area contributed by atoms with E-state index in [1.807, 2.05) is 0 Å². The second-order valence-corrected chi connectivity index (χ2v) is 19.3. The molecule has 13 rings (SSSR count). The zero-order valence-corrected chi connectivity index (χ0v) is 38.8. The average molecular weight is 880 g/mol. The van der Waals surface area contributed by atoms with Crippen LogP contribution in [-0.2, 0) is 10.8 Å². The van der Waals surface area contributed by atoms with Crippen molar-refractivity contribution in [1.82, 2.24) is 0 Å². The molecule has 2 aliphatic rings. The molecule has 0 radical (unpaired) electrons. The monoisotopic (exact) mass is 879 g/mol. The fraction of sp³-hybridized carbons (Fsp3) is 0.0588. The van der Waals surface area contributed by atoms with E-state index in [2.05, 4.69) is 280 Å². The van der Waals surface area contributed by atoms with Gasteiger partial charge in [-0.3, -0.25) is 0 Å². The van der Waals surface area contributed by atoms with E-state index >= 15 is 0 Å². The molecular formula is C68H49N. The first-order valence-corrected chi connectivity index (χ1v) is 24.2. The van der Waals surface area contributed by atoms with Gasteiger partial charge in [-0.05, 0) is 148 Å². The number of hydrogen-bond donors (Lipinski definition) is 0. The minimum absolute atomic E-state index is 0.142. The summed E-state index contributed by atoms with van der Waals surface area (Å²) in [6.07, 6.45) is 0.